The molecule has 1 aromatic rings. The lowest BCUT2D eigenvalue weighted by Gasteiger charge is -2.19. The van der Waals surface area contributed by atoms with E-state index in [4.69, 9.17) is 4.74 Å². The zero-order chi connectivity index (χ0) is 14.9. The van der Waals surface area contributed by atoms with Crippen LogP contribution in [-0.4, -0.2) is 42.5 Å². The summed E-state index contributed by atoms with van der Waals surface area (Å²) >= 11 is 0. The van der Waals surface area contributed by atoms with Crippen LogP contribution in [0, 0.1) is 0 Å². The minimum Gasteiger partial charge on any atom is -0.383 e. The fourth-order valence-corrected chi connectivity index (χ4v) is 2.02. The number of imide groups is 1. The third kappa shape index (κ3) is 2.99. The van der Waals surface area contributed by atoms with Gasteiger partial charge in [0.05, 0.1) is 23.3 Å². The van der Waals surface area contributed by atoms with Gasteiger partial charge in [-0.2, -0.15) is 0 Å². The fraction of sp³-hybridized carbons (Fsp3) is 0.467. The molecule has 1 aliphatic heterocycles. The van der Waals surface area contributed by atoms with Gasteiger partial charge in [-0.25, -0.2) is 0 Å². The highest BCUT2D eigenvalue weighted by molar-refractivity contribution is 6.21. The van der Waals surface area contributed by atoms with Gasteiger partial charge >= 0.3 is 0 Å². The van der Waals surface area contributed by atoms with Crippen molar-refractivity contribution in [3.8, 4) is 0 Å². The molecule has 0 unspecified atom stereocenters. The molecule has 1 N–H and O–H groups in total. The number of hydrogen-bond acceptors (Lipinski definition) is 4. The van der Waals surface area contributed by atoms with Gasteiger partial charge in [0.15, 0.2) is 0 Å². The van der Waals surface area contributed by atoms with Crippen molar-refractivity contribution >= 4 is 17.5 Å². The lowest BCUT2D eigenvalue weighted by atomic mass is 10.1. The first-order valence-corrected chi connectivity index (χ1v) is 6.64. The number of benzene rings is 1. The van der Waals surface area contributed by atoms with Gasteiger partial charge in [-0.05, 0) is 39.0 Å². The topological polar surface area (TPSA) is 58.6 Å². The Morgan fingerprint density at radius 1 is 1.15 bits per heavy atom. The number of anilines is 1. The minimum absolute atomic E-state index is 0.162. The molecular formula is C15H20N2O3. The monoisotopic (exact) mass is 276 g/mol. The number of amides is 2. The van der Waals surface area contributed by atoms with Gasteiger partial charge in [-0.1, -0.05) is 0 Å². The minimum atomic E-state index is -0.250. The predicted octanol–water partition coefficient (Wildman–Crippen LogP) is 2.14. The van der Waals surface area contributed by atoms with Crippen LogP contribution in [0.5, 0.6) is 0 Å². The zero-order valence-electron chi connectivity index (χ0n) is 12.3. The Labute approximate surface area is 118 Å². The quantitative estimate of drug-likeness (QED) is 0.676. The van der Waals surface area contributed by atoms with E-state index in [0.717, 1.165) is 10.6 Å². The van der Waals surface area contributed by atoms with Crippen molar-refractivity contribution in [1.29, 1.82) is 0 Å². The molecule has 2 rings (SSSR count). The van der Waals surface area contributed by atoms with Crippen molar-refractivity contribution in [2.75, 3.05) is 25.5 Å². The van der Waals surface area contributed by atoms with Crippen molar-refractivity contribution in [1.82, 2.24) is 4.90 Å². The van der Waals surface area contributed by atoms with Crippen LogP contribution in [0.2, 0.25) is 0 Å². The Morgan fingerprint density at radius 3 is 2.45 bits per heavy atom. The van der Waals surface area contributed by atoms with Crippen molar-refractivity contribution < 1.29 is 14.3 Å². The molecule has 0 bridgehead atoms. The van der Waals surface area contributed by atoms with Crippen LogP contribution in [-0.2, 0) is 4.74 Å². The second-order valence-corrected chi connectivity index (χ2v) is 5.82. The molecule has 0 aromatic heterocycles. The second kappa shape index (κ2) is 5.25. The highest BCUT2D eigenvalue weighted by Gasteiger charge is 2.32. The number of hydrogen-bond donors (Lipinski definition) is 1. The summed E-state index contributed by atoms with van der Waals surface area (Å²) in [6.45, 7) is 7.23. The number of ether oxygens (including phenoxy) is 1. The molecule has 5 nitrogen and oxygen atoms in total. The van der Waals surface area contributed by atoms with Crippen LogP contribution in [0.3, 0.4) is 0 Å². The predicted molar refractivity (Wildman–Crippen MR) is 77.1 cm³/mol. The number of carbonyl (C=O) groups is 2. The molecule has 1 aliphatic rings. The smallest absolute Gasteiger partial charge is 0.261 e. The third-order valence-corrected chi connectivity index (χ3v) is 3.06. The molecule has 5 heteroatoms. The number of nitrogens with one attached hydrogen (secondary N) is 1. The van der Waals surface area contributed by atoms with Crippen molar-refractivity contribution in [3.05, 3.63) is 29.3 Å². The lowest BCUT2D eigenvalue weighted by Crippen LogP contribution is -2.24. The first-order chi connectivity index (χ1) is 9.29. The van der Waals surface area contributed by atoms with Crippen LogP contribution >= 0.6 is 0 Å². The van der Waals surface area contributed by atoms with E-state index in [1.54, 1.807) is 18.2 Å². The molecule has 2 amide bonds. The summed E-state index contributed by atoms with van der Waals surface area (Å²) in [4.78, 5) is 24.8. The molecule has 1 aromatic carbocycles. The van der Waals surface area contributed by atoms with E-state index in [2.05, 4.69) is 5.32 Å². The Kier molecular flexibility index (Phi) is 3.81. The summed E-state index contributed by atoms with van der Waals surface area (Å²) < 4.78 is 5.61. The Bertz CT molecular complexity index is 547. The second-order valence-electron chi connectivity index (χ2n) is 5.82. The largest absolute Gasteiger partial charge is 0.383 e. The SMILES string of the molecule is CN1C(=O)c2ccc(NCCOC(C)(C)C)cc2C1=O. The van der Waals surface area contributed by atoms with E-state index < -0.39 is 0 Å². The highest BCUT2D eigenvalue weighted by atomic mass is 16.5. The summed E-state index contributed by atoms with van der Waals surface area (Å²) in [7, 11) is 1.49. The van der Waals surface area contributed by atoms with E-state index in [-0.39, 0.29) is 17.4 Å². The molecule has 0 atom stereocenters. The van der Waals surface area contributed by atoms with E-state index in [1.165, 1.54) is 7.05 Å². The van der Waals surface area contributed by atoms with Crippen LogP contribution < -0.4 is 5.32 Å². The average molecular weight is 276 g/mol. The van der Waals surface area contributed by atoms with Gasteiger partial charge < -0.3 is 10.1 Å². The third-order valence-electron chi connectivity index (χ3n) is 3.06. The van der Waals surface area contributed by atoms with Gasteiger partial charge in [-0.3, -0.25) is 14.5 Å². The molecule has 20 heavy (non-hydrogen) atoms. The molecule has 0 aliphatic carbocycles. The molecule has 0 radical (unpaired) electrons. The first kappa shape index (κ1) is 14.5. The number of carbonyl (C=O) groups excluding carboxylic acids is 2. The molecule has 1 heterocycles. The maximum atomic E-state index is 11.9. The summed E-state index contributed by atoms with van der Waals surface area (Å²) in [6.07, 6.45) is 0. The standard InChI is InChI=1S/C15H20N2O3/c1-15(2,3)20-8-7-16-10-5-6-11-12(9-10)14(19)17(4)13(11)18/h5-6,9,16H,7-8H2,1-4H3. The highest BCUT2D eigenvalue weighted by Crippen LogP contribution is 2.24. The summed E-state index contributed by atoms with van der Waals surface area (Å²) in [5, 5.41) is 3.19. The van der Waals surface area contributed by atoms with Gasteiger partial charge in [0.25, 0.3) is 11.8 Å². The average Bonchev–Trinajstić information content (AvgIpc) is 2.59. The van der Waals surface area contributed by atoms with Gasteiger partial charge in [0.2, 0.25) is 0 Å². The van der Waals surface area contributed by atoms with E-state index >= 15 is 0 Å². The van der Waals surface area contributed by atoms with Crippen LogP contribution in [0.15, 0.2) is 18.2 Å². The maximum absolute atomic E-state index is 11.9. The number of fused-ring (bicyclic) bond motifs is 1. The molecule has 0 saturated heterocycles. The molecular weight excluding hydrogens is 256 g/mol. The Balaban J connectivity index is 1.99. The fourth-order valence-electron chi connectivity index (χ4n) is 2.02. The van der Waals surface area contributed by atoms with Gasteiger partial charge in [0, 0.05) is 19.3 Å². The zero-order valence-corrected chi connectivity index (χ0v) is 12.3. The van der Waals surface area contributed by atoms with Crippen LogP contribution in [0.4, 0.5) is 5.69 Å². The van der Waals surface area contributed by atoms with E-state index in [0.29, 0.717) is 24.3 Å². The Hall–Kier alpha value is -1.88. The van der Waals surface area contributed by atoms with E-state index in [9.17, 15) is 9.59 Å². The van der Waals surface area contributed by atoms with Crippen molar-refractivity contribution in [2.45, 2.75) is 26.4 Å². The van der Waals surface area contributed by atoms with Crippen molar-refractivity contribution in [3.63, 3.8) is 0 Å². The number of rotatable bonds is 4. The van der Waals surface area contributed by atoms with Crippen molar-refractivity contribution in [2.24, 2.45) is 0 Å². The Morgan fingerprint density at radius 2 is 1.80 bits per heavy atom. The summed E-state index contributed by atoms with van der Waals surface area (Å²) in [5.74, 6) is -0.493. The first-order valence-electron chi connectivity index (χ1n) is 6.64. The van der Waals surface area contributed by atoms with Crippen LogP contribution in [0.1, 0.15) is 41.5 Å². The maximum Gasteiger partial charge on any atom is 0.261 e. The molecule has 0 saturated carbocycles. The van der Waals surface area contributed by atoms with Gasteiger partial charge in [-0.15, -0.1) is 0 Å². The lowest BCUT2D eigenvalue weighted by molar-refractivity contribution is 0.00333. The summed E-state index contributed by atoms with van der Waals surface area (Å²) in [6, 6.07) is 5.21. The normalized spacial score (nSPS) is 14.7. The van der Waals surface area contributed by atoms with Crippen LogP contribution in [0.25, 0.3) is 0 Å². The molecule has 0 fully saturated rings. The number of nitrogens with zero attached hydrogens (tertiary/aromatic N) is 1. The summed E-state index contributed by atoms with van der Waals surface area (Å²) in [5.41, 5.74) is 1.58. The van der Waals surface area contributed by atoms with E-state index in [1.807, 2.05) is 20.8 Å². The molecule has 108 valence electrons. The molecule has 0 spiro atoms. The van der Waals surface area contributed by atoms with Gasteiger partial charge in [0.1, 0.15) is 0 Å².